The van der Waals surface area contributed by atoms with Gasteiger partial charge in [0.25, 0.3) is 0 Å². The van der Waals surface area contributed by atoms with Crippen LogP contribution in [-0.4, -0.2) is 32.0 Å². The van der Waals surface area contributed by atoms with Crippen LogP contribution in [-0.2, 0) is 0 Å². The normalized spacial score (nSPS) is 26.8. The van der Waals surface area contributed by atoms with Crippen molar-refractivity contribution >= 4 is 5.69 Å². The first-order valence-corrected chi connectivity index (χ1v) is 7.12. The molecule has 118 valence electrons. The SMILES string of the molecule is CNC1CCN(c2ccccc2OC(F)(F)F)C(C)C1C. The zero-order chi connectivity index (χ0) is 15.6. The van der Waals surface area contributed by atoms with Crippen molar-refractivity contribution < 1.29 is 17.9 Å². The van der Waals surface area contributed by atoms with Gasteiger partial charge in [-0.25, -0.2) is 0 Å². The summed E-state index contributed by atoms with van der Waals surface area (Å²) < 4.78 is 41.8. The highest BCUT2D eigenvalue weighted by molar-refractivity contribution is 5.59. The van der Waals surface area contributed by atoms with E-state index in [9.17, 15) is 13.2 Å². The molecule has 1 N–H and O–H groups in total. The van der Waals surface area contributed by atoms with Crippen LogP contribution in [0.1, 0.15) is 20.3 Å². The van der Waals surface area contributed by atoms with Crippen molar-refractivity contribution in [3.8, 4) is 5.75 Å². The molecule has 1 heterocycles. The summed E-state index contributed by atoms with van der Waals surface area (Å²) in [7, 11) is 1.92. The zero-order valence-electron chi connectivity index (χ0n) is 12.4. The van der Waals surface area contributed by atoms with Crippen LogP contribution in [0.4, 0.5) is 18.9 Å². The van der Waals surface area contributed by atoms with Gasteiger partial charge in [-0.2, -0.15) is 0 Å². The molecular weight excluding hydrogens is 281 g/mol. The number of ether oxygens (including phenoxy) is 1. The van der Waals surface area contributed by atoms with Crippen molar-refractivity contribution in [1.29, 1.82) is 0 Å². The minimum atomic E-state index is -4.67. The fraction of sp³-hybridized carbons (Fsp3) is 0.600. The Morgan fingerprint density at radius 2 is 1.90 bits per heavy atom. The van der Waals surface area contributed by atoms with E-state index in [0.717, 1.165) is 6.42 Å². The van der Waals surface area contributed by atoms with Crippen molar-refractivity contribution in [1.82, 2.24) is 5.32 Å². The van der Waals surface area contributed by atoms with E-state index in [0.29, 0.717) is 24.2 Å². The Hall–Kier alpha value is -1.43. The van der Waals surface area contributed by atoms with Gasteiger partial charge < -0.3 is 15.0 Å². The Kier molecular flexibility index (Phi) is 4.66. The molecule has 3 unspecified atom stereocenters. The molecule has 6 heteroatoms. The number of nitrogens with zero attached hydrogens (tertiary/aromatic N) is 1. The number of alkyl halides is 3. The average Bonchev–Trinajstić information content (AvgIpc) is 2.41. The summed E-state index contributed by atoms with van der Waals surface area (Å²) in [6, 6.07) is 6.86. The van der Waals surface area contributed by atoms with Gasteiger partial charge in [0.1, 0.15) is 0 Å². The van der Waals surface area contributed by atoms with E-state index in [2.05, 4.69) is 17.0 Å². The van der Waals surface area contributed by atoms with Gasteiger partial charge in [-0.05, 0) is 38.4 Å². The summed E-state index contributed by atoms with van der Waals surface area (Å²) in [4.78, 5) is 2.00. The molecule has 1 aromatic rings. The van der Waals surface area contributed by atoms with E-state index < -0.39 is 6.36 Å². The van der Waals surface area contributed by atoms with Crippen molar-refractivity contribution in [3.63, 3.8) is 0 Å². The number of rotatable bonds is 3. The third-order valence-electron chi connectivity index (χ3n) is 4.34. The summed E-state index contributed by atoms with van der Waals surface area (Å²) in [5.41, 5.74) is 0.503. The molecule has 1 fully saturated rings. The van der Waals surface area contributed by atoms with Crippen LogP contribution in [0.3, 0.4) is 0 Å². The average molecular weight is 302 g/mol. The quantitative estimate of drug-likeness (QED) is 0.926. The van der Waals surface area contributed by atoms with Crippen LogP contribution >= 0.6 is 0 Å². The molecule has 1 aliphatic heterocycles. The zero-order valence-corrected chi connectivity index (χ0v) is 12.4. The Morgan fingerprint density at radius 1 is 1.24 bits per heavy atom. The highest BCUT2D eigenvalue weighted by atomic mass is 19.4. The van der Waals surface area contributed by atoms with Crippen LogP contribution in [0.5, 0.6) is 5.75 Å². The molecule has 21 heavy (non-hydrogen) atoms. The van der Waals surface area contributed by atoms with E-state index in [1.807, 2.05) is 18.9 Å². The maximum Gasteiger partial charge on any atom is 0.573 e. The summed E-state index contributed by atoms with van der Waals surface area (Å²) in [6.07, 6.45) is -3.78. The van der Waals surface area contributed by atoms with Gasteiger partial charge in [0.05, 0.1) is 5.69 Å². The number of halogens is 3. The lowest BCUT2D eigenvalue weighted by molar-refractivity contribution is -0.274. The number of anilines is 1. The minimum absolute atomic E-state index is 0.132. The van der Waals surface area contributed by atoms with Gasteiger partial charge in [-0.3, -0.25) is 0 Å². The summed E-state index contributed by atoms with van der Waals surface area (Å²) in [6.45, 7) is 4.86. The third-order valence-corrected chi connectivity index (χ3v) is 4.34. The lowest BCUT2D eigenvalue weighted by atomic mass is 9.86. The van der Waals surface area contributed by atoms with Crippen LogP contribution in [0.2, 0.25) is 0 Å². The second kappa shape index (κ2) is 6.13. The van der Waals surface area contributed by atoms with Crippen LogP contribution in [0.25, 0.3) is 0 Å². The van der Waals surface area contributed by atoms with Crippen LogP contribution < -0.4 is 15.0 Å². The second-order valence-corrected chi connectivity index (χ2v) is 5.49. The molecule has 0 bridgehead atoms. The highest BCUT2D eigenvalue weighted by Gasteiger charge is 2.36. The summed E-state index contributed by atoms with van der Waals surface area (Å²) in [5.74, 6) is 0.203. The predicted octanol–water partition coefficient (Wildman–Crippen LogP) is 3.41. The summed E-state index contributed by atoms with van der Waals surface area (Å²) >= 11 is 0. The van der Waals surface area contributed by atoms with E-state index in [-0.39, 0.29) is 11.8 Å². The number of hydrogen-bond acceptors (Lipinski definition) is 3. The van der Waals surface area contributed by atoms with Gasteiger partial charge >= 0.3 is 6.36 Å². The predicted molar refractivity (Wildman–Crippen MR) is 76.6 cm³/mol. The first-order chi connectivity index (χ1) is 9.83. The fourth-order valence-corrected chi connectivity index (χ4v) is 3.02. The molecule has 0 saturated carbocycles. The van der Waals surface area contributed by atoms with Crippen molar-refractivity contribution in [2.75, 3.05) is 18.5 Å². The van der Waals surface area contributed by atoms with Gasteiger partial charge in [0.15, 0.2) is 5.75 Å². The van der Waals surface area contributed by atoms with Crippen molar-refractivity contribution in [2.45, 2.75) is 38.7 Å². The Balaban J connectivity index is 2.26. The highest BCUT2D eigenvalue weighted by Crippen LogP contribution is 2.37. The molecule has 3 nitrogen and oxygen atoms in total. The Morgan fingerprint density at radius 3 is 2.52 bits per heavy atom. The summed E-state index contributed by atoms with van der Waals surface area (Å²) in [5, 5.41) is 3.27. The maximum absolute atomic E-state index is 12.5. The molecular formula is C15H21F3N2O. The first-order valence-electron chi connectivity index (χ1n) is 7.12. The lowest BCUT2D eigenvalue weighted by Gasteiger charge is -2.44. The number of para-hydroxylation sites is 2. The molecule has 0 aromatic heterocycles. The van der Waals surface area contributed by atoms with Gasteiger partial charge in [-0.15, -0.1) is 13.2 Å². The molecule has 0 aliphatic carbocycles. The van der Waals surface area contributed by atoms with Gasteiger partial charge in [0.2, 0.25) is 0 Å². The molecule has 1 saturated heterocycles. The lowest BCUT2D eigenvalue weighted by Crippen LogP contribution is -2.52. The molecule has 0 radical (unpaired) electrons. The molecule has 2 rings (SSSR count). The van der Waals surface area contributed by atoms with Crippen LogP contribution in [0, 0.1) is 5.92 Å². The smallest absolute Gasteiger partial charge is 0.404 e. The van der Waals surface area contributed by atoms with E-state index in [4.69, 9.17) is 0 Å². The van der Waals surface area contributed by atoms with E-state index in [1.54, 1.807) is 18.2 Å². The van der Waals surface area contributed by atoms with Gasteiger partial charge in [0, 0.05) is 18.6 Å². The van der Waals surface area contributed by atoms with E-state index in [1.165, 1.54) is 6.07 Å². The number of benzene rings is 1. The topological polar surface area (TPSA) is 24.5 Å². The standard InChI is InChI=1S/C15H21F3N2O/c1-10-11(2)20(9-8-12(10)19-3)13-6-4-5-7-14(13)21-15(16,17)18/h4-7,10-12,19H,8-9H2,1-3H3. The monoisotopic (exact) mass is 302 g/mol. The van der Waals surface area contributed by atoms with Crippen molar-refractivity contribution in [3.05, 3.63) is 24.3 Å². The molecule has 1 aromatic carbocycles. The first kappa shape index (κ1) is 15.9. The van der Waals surface area contributed by atoms with E-state index >= 15 is 0 Å². The van der Waals surface area contributed by atoms with Crippen LogP contribution in [0.15, 0.2) is 24.3 Å². The van der Waals surface area contributed by atoms with Crippen molar-refractivity contribution in [2.24, 2.45) is 5.92 Å². The minimum Gasteiger partial charge on any atom is -0.404 e. The second-order valence-electron chi connectivity index (χ2n) is 5.49. The largest absolute Gasteiger partial charge is 0.573 e. The maximum atomic E-state index is 12.5. The molecule has 0 spiro atoms. The molecule has 1 aliphatic rings. The fourth-order valence-electron chi connectivity index (χ4n) is 3.02. The number of hydrogen-bond donors (Lipinski definition) is 1. The molecule has 3 atom stereocenters. The third kappa shape index (κ3) is 3.61. The van der Waals surface area contributed by atoms with Gasteiger partial charge in [-0.1, -0.05) is 19.1 Å². The Labute approximate surface area is 123 Å². The molecule has 0 amide bonds. The Bertz CT molecular complexity index is 478. The number of nitrogens with one attached hydrogen (secondary N) is 1. The number of piperidine rings is 1.